The van der Waals surface area contributed by atoms with Gasteiger partial charge in [0.1, 0.15) is 11.4 Å². The predicted octanol–water partition coefficient (Wildman–Crippen LogP) is 4.90. The fraction of sp³-hybridized carbons (Fsp3) is 0.222. The third-order valence-corrected chi connectivity index (χ3v) is 5.01. The van der Waals surface area contributed by atoms with Gasteiger partial charge in [-0.1, -0.05) is 41.6 Å². The maximum Gasteiger partial charge on any atom is 0.163 e. The maximum absolute atomic E-state index is 5.53. The lowest BCUT2D eigenvalue weighted by molar-refractivity contribution is 0.373. The van der Waals surface area contributed by atoms with Gasteiger partial charge in [0, 0.05) is 11.3 Å². The van der Waals surface area contributed by atoms with Gasteiger partial charge in [0.05, 0.1) is 5.71 Å². The third kappa shape index (κ3) is 2.40. The molecule has 2 aromatic heterocycles. The van der Waals surface area contributed by atoms with E-state index in [0.717, 1.165) is 35.7 Å². The second kappa shape index (κ2) is 5.54. The van der Waals surface area contributed by atoms with Crippen molar-refractivity contribution in [1.29, 1.82) is 0 Å². The highest BCUT2D eigenvalue weighted by atomic mass is 32.1. The molecule has 4 rings (SSSR count). The van der Waals surface area contributed by atoms with Crippen LogP contribution in [0, 0.1) is 6.92 Å². The smallest absolute Gasteiger partial charge is 0.163 e. The Kier molecular flexibility index (Phi) is 3.39. The molecule has 3 heterocycles. The Bertz CT molecular complexity index is 803. The number of hydrogen-bond donors (Lipinski definition) is 0. The zero-order chi connectivity index (χ0) is 14.9. The van der Waals surface area contributed by atoms with E-state index in [0.29, 0.717) is 5.92 Å². The lowest BCUT2D eigenvalue weighted by Crippen LogP contribution is -2.08. The highest BCUT2D eigenvalue weighted by molar-refractivity contribution is 7.12. The molecule has 0 radical (unpaired) electrons. The molecule has 110 valence electrons. The second-order valence-corrected chi connectivity index (χ2v) is 6.54. The average molecular weight is 308 g/mol. The van der Waals surface area contributed by atoms with Gasteiger partial charge in [0.25, 0.3) is 0 Å². The maximum atomic E-state index is 5.53. The Labute approximate surface area is 133 Å². The molecule has 0 N–H and O–H groups in total. The minimum absolute atomic E-state index is 0.371. The van der Waals surface area contributed by atoms with E-state index in [4.69, 9.17) is 9.52 Å². The molecule has 4 heteroatoms. The van der Waals surface area contributed by atoms with E-state index in [1.807, 2.05) is 6.92 Å². The normalized spacial score (nSPS) is 17.7. The largest absolute Gasteiger partial charge is 0.359 e. The molecule has 0 aliphatic carbocycles. The summed E-state index contributed by atoms with van der Waals surface area (Å²) in [4.78, 5) is 6.12. The van der Waals surface area contributed by atoms with Crippen LogP contribution in [0.15, 0.2) is 57.4 Å². The summed E-state index contributed by atoms with van der Waals surface area (Å²) in [6.07, 6.45) is 1.77. The van der Waals surface area contributed by atoms with Gasteiger partial charge in [-0.2, -0.15) is 0 Å². The molecule has 3 aromatic rings. The Morgan fingerprint density at radius 3 is 2.73 bits per heavy atom. The molecule has 3 nitrogen and oxygen atoms in total. The standard InChI is InChI=1S/C18H16N2OS/c1-12-18-16(21-20-12)11-14(13-6-3-2-4-7-13)10-15(19-18)17-8-5-9-22-17/h2-9,14H,10-11H2,1H3. The molecule has 1 aromatic carbocycles. The van der Waals surface area contributed by atoms with Crippen molar-refractivity contribution < 1.29 is 4.52 Å². The van der Waals surface area contributed by atoms with Crippen LogP contribution in [0.2, 0.25) is 0 Å². The molecule has 0 saturated heterocycles. The van der Waals surface area contributed by atoms with Crippen LogP contribution in [-0.2, 0) is 6.42 Å². The van der Waals surface area contributed by atoms with E-state index < -0.39 is 0 Å². The molecule has 1 aliphatic rings. The van der Waals surface area contributed by atoms with Crippen LogP contribution in [0.3, 0.4) is 0 Å². The summed E-state index contributed by atoms with van der Waals surface area (Å²) in [5.41, 5.74) is 4.25. The van der Waals surface area contributed by atoms with Crippen molar-refractivity contribution in [3.05, 3.63) is 69.7 Å². The Balaban J connectivity index is 1.81. The molecule has 0 bridgehead atoms. The van der Waals surface area contributed by atoms with Crippen molar-refractivity contribution in [1.82, 2.24) is 5.16 Å². The van der Waals surface area contributed by atoms with Crippen molar-refractivity contribution in [2.45, 2.75) is 25.7 Å². The van der Waals surface area contributed by atoms with Crippen molar-refractivity contribution in [3.8, 4) is 0 Å². The van der Waals surface area contributed by atoms with Gasteiger partial charge >= 0.3 is 0 Å². The Morgan fingerprint density at radius 2 is 1.95 bits per heavy atom. The molecular formula is C18H16N2OS. The van der Waals surface area contributed by atoms with Crippen molar-refractivity contribution >= 4 is 22.7 Å². The number of thiophene rings is 1. The summed E-state index contributed by atoms with van der Waals surface area (Å²) in [5.74, 6) is 1.27. The predicted molar refractivity (Wildman–Crippen MR) is 89.3 cm³/mol. The molecule has 0 saturated carbocycles. The lowest BCUT2D eigenvalue weighted by Gasteiger charge is -2.14. The minimum atomic E-state index is 0.371. The van der Waals surface area contributed by atoms with E-state index in [2.05, 4.69) is 53.0 Å². The molecule has 1 aliphatic heterocycles. The highest BCUT2D eigenvalue weighted by Crippen LogP contribution is 2.37. The lowest BCUT2D eigenvalue weighted by atomic mass is 9.90. The summed E-state index contributed by atoms with van der Waals surface area (Å²) in [5, 5.41) is 6.20. The van der Waals surface area contributed by atoms with E-state index in [1.54, 1.807) is 11.3 Å². The fourth-order valence-corrected chi connectivity index (χ4v) is 3.68. The first kappa shape index (κ1) is 13.5. The van der Waals surface area contributed by atoms with Crippen LogP contribution in [-0.4, -0.2) is 10.9 Å². The SMILES string of the molecule is Cc1noc2c1N=C(c1cccs1)CC(c1ccccc1)C2. The molecule has 0 spiro atoms. The van der Waals surface area contributed by atoms with E-state index in [-0.39, 0.29) is 0 Å². The number of rotatable bonds is 2. The van der Waals surface area contributed by atoms with Gasteiger partial charge in [0.15, 0.2) is 5.76 Å². The van der Waals surface area contributed by atoms with E-state index >= 15 is 0 Å². The minimum Gasteiger partial charge on any atom is -0.359 e. The molecule has 1 unspecified atom stereocenters. The summed E-state index contributed by atoms with van der Waals surface area (Å²) in [6, 6.07) is 14.8. The van der Waals surface area contributed by atoms with Crippen LogP contribution >= 0.6 is 11.3 Å². The molecule has 0 amide bonds. The van der Waals surface area contributed by atoms with E-state index in [9.17, 15) is 0 Å². The van der Waals surface area contributed by atoms with Crippen LogP contribution in [0.4, 0.5) is 5.69 Å². The fourth-order valence-electron chi connectivity index (χ4n) is 2.96. The second-order valence-electron chi connectivity index (χ2n) is 5.59. The molecule has 1 atom stereocenters. The van der Waals surface area contributed by atoms with Crippen molar-refractivity contribution in [2.24, 2.45) is 4.99 Å². The van der Waals surface area contributed by atoms with Gasteiger partial charge in [-0.3, -0.25) is 0 Å². The number of nitrogens with zero attached hydrogens (tertiary/aromatic N) is 2. The summed E-state index contributed by atoms with van der Waals surface area (Å²) < 4.78 is 5.53. The number of aliphatic imine (C=N–C) groups is 1. The summed E-state index contributed by atoms with van der Waals surface area (Å²) in [6.45, 7) is 1.96. The van der Waals surface area contributed by atoms with Gasteiger partial charge in [-0.25, -0.2) is 4.99 Å². The zero-order valence-electron chi connectivity index (χ0n) is 12.3. The van der Waals surface area contributed by atoms with Crippen molar-refractivity contribution in [3.63, 3.8) is 0 Å². The topological polar surface area (TPSA) is 38.4 Å². The summed E-state index contributed by atoms with van der Waals surface area (Å²) >= 11 is 1.74. The number of benzene rings is 1. The third-order valence-electron chi connectivity index (χ3n) is 4.09. The number of fused-ring (bicyclic) bond motifs is 1. The molecule has 22 heavy (non-hydrogen) atoms. The van der Waals surface area contributed by atoms with Crippen LogP contribution in [0.1, 0.15) is 34.2 Å². The van der Waals surface area contributed by atoms with Crippen molar-refractivity contribution in [2.75, 3.05) is 0 Å². The number of hydrogen-bond acceptors (Lipinski definition) is 4. The molecular weight excluding hydrogens is 292 g/mol. The Morgan fingerprint density at radius 1 is 1.09 bits per heavy atom. The number of aromatic nitrogens is 1. The highest BCUT2D eigenvalue weighted by Gasteiger charge is 2.26. The first-order valence-electron chi connectivity index (χ1n) is 7.43. The van der Waals surface area contributed by atoms with Crippen LogP contribution in [0.5, 0.6) is 0 Å². The van der Waals surface area contributed by atoms with Gasteiger partial charge in [-0.15, -0.1) is 11.3 Å². The van der Waals surface area contributed by atoms with Crippen LogP contribution < -0.4 is 0 Å². The number of aryl methyl sites for hydroxylation is 1. The van der Waals surface area contributed by atoms with Gasteiger partial charge in [-0.05, 0) is 36.3 Å². The van der Waals surface area contributed by atoms with E-state index in [1.165, 1.54) is 10.4 Å². The molecule has 0 fully saturated rings. The first-order valence-corrected chi connectivity index (χ1v) is 8.31. The first-order chi connectivity index (χ1) is 10.8. The Hall–Kier alpha value is -2.20. The quantitative estimate of drug-likeness (QED) is 0.675. The van der Waals surface area contributed by atoms with Gasteiger partial charge in [0.2, 0.25) is 0 Å². The van der Waals surface area contributed by atoms with Crippen LogP contribution in [0.25, 0.3) is 0 Å². The zero-order valence-corrected chi connectivity index (χ0v) is 13.1. The summed E-state index contributed by atoms with van der Waals surface area (Å²) in [7, 11) is 0. The van der Waals surface area contributed by atoms with Gasteiger partial charge < -0.3 is 4.52 Å². The monoisotopic (exact) mass is 308 g/mol. The average Bonchev–Trinajstić information content (AvgIpc) is 3.14.